The fourth-order valence-electron chi connectivity index (χ4n) is 1.26. The fourth-order valence-corrected chi connectivity index (χ4v) is 1.99. The van der Waals surface area contributed by atoms with Gasteiger partial charge in [-0.25, -0.2) is 0 Å². The smallest absolute Gasteiger partial charge is 0.00559 e. The molecule has 2 heteroatoms. The Bertz CT molecular complexity index is 248. The molecule has 0 saturated heterocycles. The number of aryl methyl sites for hydroxylation is 2. The highest BCUT2D eigenvalue weighted by atomic mass is 32.2. The van der Waals surface area contributed by atoms with Gasteiger partial charge in [0, 0.05) is 12.3 Å². The maximum Gasteiger partial charge on any atom is 0.00559 e. The summed E-state index contributed by atoms with van der Waals surface area (Å²) in [6.45, 7) is 2.96. The van der Waals surface area contributed by atoms with Crippen LogP contribution in [0, 0.1) is 6.92 Å². The van der Waals surface area contributed by atoms with Crippen molar-refractivity contribution >= 4 is 11.8 Å². The van der Waals surface area contributed by atoms with Crippen LogP contribution in [0.5, 0.6) is 0 Å². The molecule has 0 fully saturated rings. The van der Waals surface area contributed by atoms with Gasteiger partial charge in [-0.15, -0.1) is 0 Å². The van der Waals surface area contributed by atoms with Crippen molar-refractivity contribution in [3.05, 3.63) is 35.4 Å². The molecule has 0 heterocycles. The summed E-state index contributed by atoms with van der Waals surface area (Å²) >= 11 is 1.93. The highest BCUT2D eigenvalue weighted by Gasteiger charge is 1.95. The molecule has 0 aromatic heterocycles. The third kappa shape index (κ3) is 3.83. The molecule has 72 valence electrons. The van der Waals surface area contributed by atoms with Crippen LogP contribution in [0.4, 0.5) is 0 Å². The van der Waals surface area contributed by atoms with E-state index in [0.717, 1.165) is 18.7 Å². The van der Waals surface area contributed by atoms with E-state index in [1.165, 1.54) is 16.9 Å². The lowest BCUT2D eigenvalue weighted by atomic mass is 10.1. The van der Waals surface area contributed by atoms with Crippen molar-refractivity contribution in [1.82, 2.24) is 0 Å². The van der Waals surface area contributed by atoms with Gasteiger partial charge in [-0.05, 0) is 30.2 Å². The highest BCUT2D eigenvalue weighted by molar-refractivity contribution is 7.99. The summed E-state index contributed by atoms with van der Waals surface area (Å²) in [5.41, 5.74) is 8.28. The first-order valence-electron chi connectivity index (χ1n) is 4.67. The number of nitrogens with two attached hydrogens (primary N) is 1. The van der Waals surface area contributed by atoms with Crippen LogP contribution in [0.3, 0.4) is 0 Å². The second kappa shape index (κ2) is 6.06. The molecule has 0 radical (unpaired) electrons. The molecule has 0 saturated carbocycles. The third-order valence-electron chi connectivity index (χ3n) is 2.04. The van der Waals surface area contributed by atoms with Gasteiger partial charge in [0.25, 0.3) is 0 Å². The van der Waals surface area contributed by atoms with Crippen LogP contribution >= 0.6 is 11.8 Å². The van der Waals surface area contributed by atoms with Crippen molar-refractivity contribution in [1.29, 1.82) is 0 Å². The molecule has 0 aliphatic rings. The van der Waals surface area contributed by atoms with E-state index in [4.69, 9.17) is 5.73 Å². The topological polar surface area (TPSA) is 26.0 Å². The number of rotatable bonds is 5. The Balaban J connectivity index is 2.32. The van der Waals surface area contributed by atoms with Crippen LogP contribution in [-0.4, -0.2) is 18.1 Å². The molecule has 0 atom stereocenters. The molecule has 0 aliphatic heterocycles. The minimum Gasteiger partial charge on any atom is -0.330 e. The van der Waals surface area contributed by atoms with Crippen molar-refractivity contribution < 1.29 is 0 Å². The Morgan fingerprint density at radius 2 is 2.00 bits per heavy atom. The molecular formula is C11H17NS. The molecule has 1 aromatic rings. The molecule has 13 heavy (non-hydrogen) atoms. The molecule has 2 N–H and O–H groups in total. The number of hydrogen-bond donors (Lipinski definition) is 1. The van der Waals surface area contributed by atoms with Gasteiger partial charge in [-0.2, -0.15) is 11.8 Å². The summed E-state index contributed by atoms with van der Waals surface area (Å²) in [4.78, 5) is 0. The lowest BCUT2D eigenvalue weighted by Crippen LogP contribution is -2.02. The van der Waals surface area contributed by atoms with Gasteiger partial charge < -0.3 is 5.73 Å². The molecule has 1 nitrogen and oxygen atoms in total. The molecular weight excluding hydrogens is 178 g/mol. The molecule has 0 spiro atoms. The largest absolute Gasteiger partial charge is 0.330 e. The van der Waals surface area contributed by atoms with Gasteiger partial charge in [0.1, 0.15) is 0 Å². The highest BCUT2D eigenvalue weighted by Crippen LogP contribution is 2.10. The average Bonchev–Trinajstić information content (AvgIpc) is 2.15. The van der Waals surface area contributed by atoms with E-state index in [1.54, 1.807) is 0 Å². The second-order valence-electron chi connectivity index (χ2n) is 3.08. The van der Waals surface area contributed by atoms with E-state index in [1.807, 2.05) is 11.8 Å². The first-order valence-corrected chi connectivity index (χ1v) is 5.82. The maximum absolute atomic E-state index is 5.42. The Morgan fingerprint density at radius 3 is 2.69 bits per heavy atom. The summed E-state index contributed by atoms with van der Waals surface area (Å²) in [7, 11) is 0. The van der Waals surface area contributed by atoms with Gasteiger partial charge in [-0.3, -0.25) is 0 Å². The molecule has 1 aromatic carbocycles. The summed E-state index contributed by atoms with van der Waals surface area (Å²) in [6, 6.07) is 8.57. The van der Waals surface area contributed by atoms with Crippen molar-refractivity contribution in [2.24, 2.45) is 5.73 Å². The zero-order chi connectivity index (χ0) is 9.52. The predicted molar refractivity (Wildman–Crippen MR) is 61.3 cm³/mol. The monoisotopic (exact) mass is 195 g/mol. The number of hydrogen-bond acceptors (Lipinski definition) is 2. The maximum atomic E-state index is 5.42. The Labute approximate surface area is 84.7 Å². The number of benzene rings is 1. The SMILES string of the molecule is Cc1ccccc1CCSCCN. The van der Waals surface area contributed by atoms with Crippen LogP contribution in [0.1, 0.15) is 11.1 Å². The van der Waals surface area contributed by atoms with Crippen LogP contribution < -0.4 is 5.73 Å². The molecule has 1 rings (SSSR count). The van der Waals surface area contributed by atoms with Crippen molar-refractivity contribution in [3.63, 3.8) is 0 Å². The van der Waals surface area contributed by atoms with E-state index in [-0.39, 0.29) is 0 Å². The van der Waals surface area contributed by atoms with Crippen LogP contribution in [0.15, 0.2) is 24.3 Å². The molecule has 0 bridgehead atoms. The normalized spacial score (nSPS) is 10.3. The molecule has 0 unspecified atom stereocenters. The minimum absolute atomic E-state index is 0.790. The fraction of sp³-hybridized carbons (Fsp3) is 0.455. The van der Waals surface area contributed by atoms with E-state index in [9.17, 15) is 0 Å². The van der Waals surface area contributed by atoms with Crippen LogP contribution in [0.25, 0.3) is 0 Å². The van der Waals surface area contributed by atoms with Gasteiger partial charge >= 0.3 is 0 Å². The summed E-state index contributed by atoms with van der Waals surface area (Å²) in [5, 5.41) is 0. The van der Waals surface area contributed by atoms with E-state index < -0.39 is 0 Å². The van der Waals surface area contributed by atoms with E-state index >= 15 is 0 Å². The summed E-state index contributed by atoms with van der Waals surface area (Å²) < 4.78 is 0. The Kier molecular flexibility index (Phi) is 4.94. The summed E-state index contributed by atoms with van der Waals surface area (Å²) in [6.07, 6.45) is 1.16. The van der Waals surface area contributed by atoms with E-state index in [0.29, 0.717) is 0 Å². The first-order chi connectivity index (χ1) is 6.34. The molecule has 0 aliphatic carbocycles. The third-order valence-corrected chi connectivity index (χ3v) is 3.06. The summed E-state index contributed by atoms with van der Waals surface area (Å²) in [5.74, 6) is 2.26. The lowest BCUT2D eigenvalue weighted by Gasteiger charge is -2.04. The van der Waals surface area contributed by atoms with Crippen LogP contribution in [-0.2, 0) is 6.42 Å². The van der Waals surface area contributed by atoms with Crippen molar-refractivity contribution in [3.8, 4) is 0 Å². The zero-order valence-corrected chi connectivity index (χ0v) is 8.94. The Morgan fingerprint density at radius 1 is 1.23 bits per heavy atom. The predicted octanol–water partition coefficient (Wildman–Crippen LogP) is 2.23. The Hall–Kier alpha value is -0.470. The quantitative estimate of drug-likeness (QED) is 0.729. The van der Waals surface area contributed by atoms with Gasteiger partial charge in [0.05, 0.1) is 0 Å². The van der Waals surface area contributed by atoms with Gasteiger partial charge in [-0.1, -0.05) is 24.3 Å². The first kappa shape index (κ1) is 10.6. The average molecular weight is 195 g/mol. The lowest BCUT2D eigenvalue weighted by molar-refractivity contribution is 1.11. The van der Waals surface area contributed by atoms with E-state index in [2.05, 4.69) is 31.2 Å². The van der Waals surface area contributed by atoms with Crippen molar-refractivity contribution in [2.45, 2.75) is 13.3 Å². The van der Waals surface area contributed by atoms with Gasteiger partial charge in [0.2, 0.25) is 0 Å². The van der Waals surface area contributed by atoms with Crippen LogP contribution in [0.2, 0.25) is 0 Å². The van der Waals surface area contributed by atoms with Gasteiger partial charge in [0.15, 0.2) is 0 Å². The zero-order valence-electron chi connectivity index (χ0n) is 8.12. The standard InChI is InChI=1S/C11H17NS/c1-10-4-2-3-5-11(10)6-8-13-9-7-12/h2-5H,6-9,12H2,1H3. The second-order valence-corrected chi connectivity index (χ2v) is 4.30. The number of thioether (sulfide) groups is 1. The minimum atomic E-state index is 0.790. The van der Waals surface area contributed by atoms with Crippen molar-refractivity contribution in [2.75, 3.05) is 18.1 Å². The molecule has 0 amide bonds.